The van der Waals surface area contributed by atoms with Gasteiger partial charge in [-0.2, -0.15) is 0 Å². The van der Waals surface area contributed by atoms with E-state index in [9.17, 15) is 9.59 Å². The molecule has 2 aromatic heterocycles. The van der Waals surface area contributed by atoms with Crippen molar-refractivity contribution >= 4 is 11.8 Å². The molecule has 0 bridgehead atoms. The normalized spacial score (nSPS) is 21.8. The van der Waals surface area contributed by atoms with E-state index in [1.54, 1.807) is 31.9 Å². The van der Waals surface area contributed by atoms with Crippen molar-refractivity contribution in [3.05, 3.63) is 59.7 Å². The Bertz CT molecular complexity index is 915. The summed E-state index contributed by atoms with van der Waals surface area (Å²) >= 11 is 0. The maximum atomic E-state index is 13.0. The van der Waals surface area contributed by atoms with E-state index in [2.05, 4.69) is 9.97 Å². The van der Waals surface area contributed by atoms with Crippen LogP contribution in [0.2, 0.25) is 0 Å². The van der Waals surface area contributed by atoms with Crippen LogP contribution in [0.15, 0.2) is 43.0 Å². The minimum atomic E-state index is -0.504. The van der Waals surface area contributed by atoms with Gasteiger partial charge in [-0.15, -0.1) is 0 Å². The first-order valence-electron chi connectivity index (χ1n) is 10.6. The Labute approximate surface area is 182 Å². The Morgan fingerprint density at radius 2 is 1.81 bits per heavy atom. The number of piperidine rings is 1. The number of β-lactam (4-membered cyclic amide) rings is 1. The molecule has 0 aliphatic carbocycles. The van der Waals surface area contributed by atoms with Crippen molar-refractivity contribution in [3.63, 3.8) is 0 Å². The van der Waals surface area contributed by atoms with Crippen LogP contribution in [0, 0.1) is 6.92 Å². The third kappa shape index (κ3) is 4.31. The smallest absolute Gasteiger partial charge is 0.255 e. The number of carbonyl (C=O) groups excluding carboxylic acids is 2. The number of rotatable bonds is 7. The number of pyridine rings is 2. The lowest BCUT2D eigenvalue weighted by molar-refractivity contribution is -0.183. The molecule has 0 aromatic carbocycles. The fraction of sp³-hybridized carbons (Fsp3) is 0.478. The summed E-state index contributed by atoms with van der Waals surface area (Å²) in [5, 5.41) is 0. The summed E-state index contributed by atoms with van der Waals surface area (Å²) in [5.74, 6) is 0.0104. The molecular weight excluding hydrogens is 396 g/mol. The van der Waals surface area contributed by atoms with Crippen LogP contribution in [0.3, 0.4) is 0 Å². The first kappa shape index (κ1) is 21.4. The van der Waals surface area contributed by atoms with Gasteiger partial charge in [0.15, 0.2) is 6.10 Å². The highest BCUT2D eigenvalue weighted by molar-refractivity contribution is 5.95. The fourth-order valence-electron chi connectivity index (χ4n) is 4.41. The maximum Gasteiger partial charge on any atom is 0.255 e. The summed E-state index contributed by atoms with van der Waals surface area (Å²) in [6.07, 6.45) is 7.77. The van der Waals surface area contributed by atoms with Crippen LogP contribution in [-0.2, 0) is 14.3 Å². The number of likely N-dealkylation sites (tertiary alicyclic amines) is 2. The molecule has 2 fully saturated rings. The second-order valence-electron chi connectivity index (χ2n) is 7.97. The van der Waals surface area contributed by atoms with E-state index in [1.807, 2.05) is 34.9 Å². The number of aromatic nitrogens is 2. The number of nitrogens with zero attached hydrogens (tertiary/aromatic N) is 4. The quantitative estimate of drug-likeness (QED) is 0.499. The average Bonchev–Trinajstić information content (AvgIpc) is 2.81. The molecule has 2 saturated heterocycles. The Kier molecular flexibility index (Phi) is 6.58. The molecule has 0 N–H and O–H groups in total. The lowest BCUT2D eigenvalue weighted by Crippen LogP contribution is -2.65. The fourth-order valence-corrected chi connectivity index (χ4v) is 4.41. The van der Waals surface area contributed by atoms with Crippen LogP contribution in [0.1, 0.15) is 40.4 Å². The molecule has 2 aliphatic rings. The van der Waals surface area contributed by atoms with Gasteiger partial charge in [0.2, 0.25) is 0 Å². The zero-order chi connectivity index (χ0) is 21.8. The molecule has 4 rings (SSSR count). The summed E-state index contributed by atoms with van der Waals surface area (Å²) in [7, 11) is 1.61. The van der Waals surface area contributed by atoms with Gasteiger partial charge in [0.05, 0.1) is 24.8 Å². The second kappa shape index (κ2) is 9.53. The number of carbonyl (C=O) groups is 2. The van der Waals surface area contributed by atoms with Gasteiger partial charge >= 0.3 is 0 Å². The number of hydrogen-bond donors (Lipinski definition) is 0. The summed E-state index contributed by atoms with van der Waals surface area (Å²) in [4.78, 5) is 37.9. The number of ether oxygens (including phenoxy) is 2. The Morgan fingerprint density at radius 1 is 1.10 bits per heavy atom. The predicted octanol–water partition coefficient (Wildman–Crippen LogP) is 2.00. The first-order chi connectivity index (χ1) is 15.1. The van der Waals surface area contributed by atoms with E-state index in [0.717, 1.165) is 24.0 Å². The number of hydrogen-bond acceptors (Lipinski definition) is 6. The molecular formula is C23H28N4O4. The van der Waals surface area contributed by atoms with Crippen LogP contribution in [0.25, 0.3) is 0 Å². The van der Waals surface area contributed by atoms with E-state index < -0.39 is 6.10 Å². The van der Waals surface area contributed by atoms with Crippen molar-refractivity contribution in [1.82, 2.24) is 19.8 Å². The highest BCUT2D eigenvalue weighted by atomic mass is 16.5. The summed E-state index contributed by atoms with van der Waals surface area (Å²) in [6, 6.07) is 5.65. The Hall–Kier alpha value is -2.84. The van der Waals surface area contributed by atoms with Crippen LogP contribution in [-0.4, -0.2) is 77.1 Å². The first-order valence-corrected chi connectivity index (χ1v) is 10.6. The molecule has 0 saturated carbocycles. The average molecular weight is 425 g/mol. The van der Waals surface area contributed by atoms with Gasteiger partial charge in [-0.25, -0.2) is 0 Å². The van der Waals surface area contributed by atoms with Crippen molar-refractivity contribution in [1.29, 1.82) is 0 Å². The minimum Gasteiger partial charge on any atom is -0.382 e. The number of methoxy groups -OCH3 is 1. The number of amides is 2. The molecule has 0 unspecified atom stereocenters. The summed E-state index contributed by atoms with van der Waals surface area (Å²) in [5.41, 5.74) is 2.58. The molecule has 0 radical (unpaired) electrons. The molecule has 2 aromatic rings. The third-order valence-corrected chi connectivity index (χ3v) is 6.13. The van der Waals surface area contributed by atoms with Gasteiger partial charge in [-0.05, 0) is 49.1 Å². The van der Waals surface area contributed by atoms with E-state index in [1.165, 1.54) is 0 Å². The lowest BCUT2D eigenvalue weighted by atomic mass is 9.86. The van der Waals surface area contributed by atoms with E-state index >= 15 is 0 Å². The molecule has 2 aliphatic heterocycles. The van der Waals surface area contributed by atoms with Gasteiger partial charge in [-0.1, -0.05) is 0 Å². The van der Waals surface area contributed by atoms with Gasteiger partial charge in [0, 0.05) is 51.0 Å². The highest BCUT2D eigenvalue weighted by Crippen LogP contribution is 2.40. The summed E-state index contributed by atoms with van der Waals surface area (Å²) in [6.45, 7) is 3.96. The number of aryl methyl sites for hydroxylation is 1. The van der Waals surface area contributed by atoms with Gasteiger partial charge in [-0.3, -0.25) is 19.6 Å². The molecule has 8 heteroatoms. The topological polar surface area (TPSA) is 84.9 Å². The monoisotopic (exact) mass is 424 g/mol. The standard InChI is InChI=1S/C23H28N4O4/c1-16-3-8-25-15-19(16)22(28)26-11-6-18(7-12-26)27-20(17-4-9-24-10-5-17)21(23(27)29)31-14-13-30-2/h3-5,8-10,15,18,20-21H,6-7,11-14H2,1-2H3/t20-,21+/m0/s1. The van der Waals surface area contributed by atoms with Crippen LogP contribution < -0.4 is 0 Å². The van der Waals surface area contributed by atoms with Crippen molar-refractivity contribution < 1.29 is 19.1 Å². The zero-order valence-electron chi connectivity index (χ0n) is 17.9. The van der Waals surface area contributed by atoms with Crippen LogP contribution >= 0.6 is 0 Å². The van der Waals surface area contributed by atoms with Gasteiger partial charge < -0.3 is 19.3 Å². The molecule has 0 spiro atoms. The van der Waals surface area contributed by atoms with E-state index in [0.29, 0.717) is 31.9 Å². The molecule has 2 atom stereocenters. The molecule has 2 amide bonds. The maximum absolute atomic E-state index is 13.0. The van der Waals surface area contributed by atoms with Gasteiger partial charge in [0.1, 0.15) is 0 Å². The van der Waals surface area contributed by atoms with Crippen molar-refractivity contribution in [2.45, 2.75) is 38.0 Å². The van der Waals surface area contributed by atoms with E-state index in [-0.39, 0.29) is 23.9 Å². The SMILES string of the molecule is COCCO[C@H]1C(=O)N(C2CCN(C(=O)c3cnccc3C)CC2)[C@H]1c1ccncc1. The highest BCUT2D eigenvalue weighted by Gasteiger charge is 2.52. The second-order valence-corrected chi connectivity index (χ2v) is 7.97. The summed E-state index contributed by atoms with van der Waals surface area (Å²) < 4.78 is 10.9. The third-order valence-electron chi connectivity index (χ3n) is 6.13. The van der Waals surface area contributed by atoms with E-state index in [4.69, 9.17) is 9.47 Å². The minimum absolute atomic E-state index is 0.00504. The van der Waals surface area contributed by atoms with Crippen molar-refractivity contribution in [3.8, 4) is 0 Å². The largest absolute Gasteiger partial charge is 0.382 e. The zero-order valence-corrected chi connectivity index (χ0v) is 17.9. The lowest BCUT2D eigenvalue weighted by Gasteiger charge is -2.52. The van der Waals surface area contributed by atoms with Crippen molar-refractivity contribution in [2.24, 2.45) is 0 Å². The molecule has 31 heavy (non-hydrogen) atoms. The predicted molar refractivity (Wildman–Crippen MR) is 113 cm³/mol. The van der Waals surface area contributed by atoms with Crippen molar-refractivity contribution in [2.75, 3.05) is 33.4 Å². The molecule has 8 nitrogen and oxygen atoms in total. The van der Waals surface area contributed by atoms with Crippen LogP contribution in [0.5, 0.6) is 0 Å². The molecule has 4 heterocycles. The van der Waals surface area contributed by atoms with Gasteiger partial charge in [0.25, 0.3) is 11.8 Å². The molecule has 164 valence electrons. The Balaban J connectivity index is 1.43. The van der Waals surface area contributed by atoms with Crippen LogP contribution in [0.4, 0.5) is 0 Å². The Morgan fingerprint density at radius 3 is 2.48 bits per heavy atom.